The van der Waals surface area contributed by atoms with Crippen molar-refractivity contribution in [1.82, 2.24) is 9.78 Å². The maximum Gasteiger partial charge on any atom is 0.0726 e. The zero-order chi connectivity index (χ0) is 13.1. The van der Waals surface area contributed by atoms with Crippen LogP contribution in [0.1, 0.15) is 13.3 Å². The first kappa shape index (κ1) is 15.3. The summed E-state index contributed by atoms with van der Waals surface area (Å²) in [5.41, 5.74) is 1.05. The van der Waals surface area contributed by atoms with E-state index in [9.17, 15) is 0 Å². The van der Waals surface area contributed by atoms with Crippen molar-refractivity contribution in [3.63, 3.8) is 0 Å². The molecule has 0 aliphatic carbocycles. The van der Waals surface area contributed by atoms with Gasteiger partial charge in [0.2, 0.25) is 0 Å². The minimum atomic E-state index is 0.0711. The van der Waals surface area contributed by atoms with Crippen LogP contribution in [0.3, 0.4) is 0 Å². The molecule has 0 saturated heterocycles. The fraction of sp³-hybridized carbons (Fsp3) is 0.750. The molecular weight excluding hydrogens is 250 g/mol. The van der Waals surface area contributed by atoms with E-state index >= 15 is 0 Å². The molecule has 1 heterocycles. The molecule has 0 amide bonds. The molecule has 2 N–H and O–H groups in total. The van der Waals surface area contributed by atoms with Crippen molar-refractivity contribution in [2.75, 3.05) is 43.2 Å². The Labute approximate surface area is 113 Å². The molecule has 0 aromatic carbocycles. The lowest BCUT2D eigenvalue weighted by molar-refractivity contribution is 0.0854. The third kappa shape index (κ3) is 6.88. The minimum absolute atomic E-state index is 0.0711. The minimum Gasteiger partial charge on any atom is -0.394 e. The van der Waals surface area contributed by atoms with E-state index in [4.69, 9.17) is 9.84 Å². The summed E-state index contributed by atoms with van der Waals surface area (Å²) in [7, 11) is 0. The summed E-state index contributed by atoms with van der Waals surface area (Å²) in [5, 5.41) is 16.2. The first-order chi connectivity index (χ1) is 8.86. The molecule has 0 atom stereocenters. The van der Waals surface area contributed by atoms with Gasteiger partial charge in [0.1, 0.15) is 0 Å². The van der Waals surface area contributed by atoms with Gasteiger partial charge >= 0.3 is 0 Å². The van der Waals surface area contributed by atoms with Crippen LogP contribution in [0.2, 0.25) is 0 Å². The van der Waals surface area contributed by atoms with Gasteiger partial charge in [-0.3, -0.25) is 4.68 Å². The molecule has 0 aliphatic rings. The van der Waals surface area contributed by atoms with Crippen molar-refractivity contribution in [3.8, 4) is 0 Å². The average Bonchev–Trinajstić information content (AvgIpc) is 2.82. The Kier molecular flexibility index (Phi) is 8.71. The number of hydrogen-bond donors (Lipinski definition) is 2. The normalized spacial score (nSPS) is 10.8. The maximum atomic E-state index is 8.57. The first-order valence-electron chi connectivity index (χ1n) is 6.39. The Balaban J connectivity index is 2.10. The number of aromatic nitrogens is 2. The van der Waals surface area contributed by atoms with Crippen LogP contribution in [0, 0.1) is 0 Å². The molecule has 0 aliphatic heterocycles. The Hall–Kier alpha value is -0.720. The first-order valence-corrected chi connectivity index (χ1v) is 7.55. The molecule has 1 rings (SSSR count). The largest absolute Gasteiger partial charge is 0.394 e. The third-order valence-electron chi connectivity index (χ3n) is 2.33. The predicted octanol–water partition coefficient (Wildman–Crippen LogP) is 1.45. The molecule has 1 aromatic rings. The van der Waals surface area contributed by atoms with E-state index in [2.05, 4.69) is 17.3 Å². The van der Waals surface area contributed by atoms with Crippen LogP contribution in [0.15, 0.2) is 12.4 Å². The van der Waals surface area contributed by atoms with E-state index < -0.39 is 0 Å². The fourth-order valence-corrected chi connectivity index (χ4v) is 2.09. The van der Waals surface area contributed by atoms with Gasteiger partial charge < -0.3 is 15.2 Å². The molecule has 5 nitrogen and oxygen atoms in total. The van der Waals surface area contributed by atoms with Gasteiger partial charge in [-0.25, -0.2) is 0 Å². The number of nitrogens with one attached hydrogen (secondary N) is 1. The molecule has 0 radical (unpaired) electrons. The highest BCUT2D eigenvalue weighted by atomic mass is 32.2. The SMILES string of the molecule is CCSCCCNc1cnn(CCOCCO)c1. The van der Waals surface area contributed by atoms with Crippen molar-refractivity contribution in [2.24, 2.45) is 0 Å². The van der Waals surface area contributed by atoms with E-state index in [0.29, 0.717) is 19.8 Å². The van der Waals surface area contributed by atoms with Crippen molar-refractivity contribution in [3.05, 3.63) is 12.4 Å². The number of anilines is 1. The summed E-state index contributed by atoms with van der Waals surface area (Å²) < 4.78 is 7.04. The zero-order valence-corrected chi connectivity index (χ0v) is 11.8. The van der Waals surface area contributed by atoms with E-state index in [0.717, 1.165) is 12.2 Å². The van der Waals surface area contributed by atoms with Crippen LogP contribution in [0.5, 0.6) is 0 Å². The van der Waals surface area contributed by atoms with Gasteiger partial charge in [0.15, 0.2) is 0 Å². The van der Waals surface area contributed by atoms with Gasteiger partial charge in [0.25, 0.3) is 0 Å². The molecule has 0 spiro atoms. The highest BCUT2D eigenvalue weighted by Crippen LogP contribution is 2.06. The number of hydrogen-bond acceptors (Lipinski definition) is 5. The summed E-state index contributed by atoms with van der Waals surface area (Å²) in [4.78, 5) is 0. The highest BCUT2D eigenvalue weighted by Gasteiger charge is 1.98. The maximum absolute atomic E-state index is 8.57. The predicted molar refractivity (Wildman–Crippen MR) is 76.2 cm³/mol. The standard InChI is InChI=1S/C12H23N3O2S/c1-2-18-9-3-4-13-12-10-14-15(11-12)5-7-17-8-6-16/h10-11,13,16H,2-9H2,1H3. The van der Waals surface area contributed by atoms with Gasteiger partial charge in [0.05, 0.1) is 38.2 Å². The molecule has 18 heavy (non-hydrogen) atoms. The second-order valence-electron chi connectivity index (χ2n) is 3.81. The van der Waals surface area contributed by atoms with Crippen LogP contribution < -0.4 is 5.32 Å². The fourth-order valence-electron chi connectivity index (χ4n) is 1.45. The van der Waals surface area contributed by atoms with E-state index in [1.807, 2.05) is 28.8 Å². The quantitative estimate of drug-likeness (QED) is 0.598. The molecule has 0 unspecified atom stereocenters. The molecule has 0 bridgehead atoms. The molecule has 104 valence electrons. The van der Waals surface area contributed by atoms with Crippen LogP contribution in [-0.4, -0.2) is 52.8 Å². The lowest BCUT2D eigenvalue weighted by Gasteiger charge is -2.03. The lowest BCUT2D eigenvalue weighted by Crippen LogP contribution is -2.08. The number of nitrogens with zero attached hydrogens (tertiary/aromatic N) is 2. The summed E-state index contributed by atoms with van der Waals surface area (Å²) in [6.45, 7) is 4.92. The third-order valence-corrected chi connectivity index (χ3v) is 3.32. The van der Waals surface area contributed by atoms with Gasteiger partial charge in [-0.1, -0.05) is 6.92 Å². The van der Waals surface area contributed by atoms with E-state index in [-0.39, 0.29) is 6.61 Å². The zero-order valence-electron chi connectivity index (χ0n) is 11.0. The number of aliphatic hydroxyl groups is 1. The molecular formula is C12H23N3O2S. The van der Waals surface area contributed by atoms with Crippen LogP contribution >= 0.6 is 11.8 Å². The number of aliphatic hydroxyl groups excluding tert-OH is 1. The van der Waals surface area contributed by atoms with Crippen molar-refractivity contribution < 1.29 is 9.84 Å². The van der Waals surface area contributed by atoms with Gasteiger partial charge in [-0.05, 0) is 17.9 Å². The van der Waals surface area contributed by atoms with Gasteiger partial charge in [-0.2, -0.15) is 16.9 Å². The molecule has 0 saturated carbocycles. The van der Waals surface area contributed by atoms with E-state index in [1.165, 1.54) is 17.9 Å². The van der Waals surface area contributed by atoms with Crippen LogP contribution in [0.4, 0.5) is 5.69 Å². The Morgan fingerprint density at radius 3 is 3.17 bits per heavy atom. The topological polar surface area (TPSA) is 59.3 Å². The summed E-state index contributed by atoms with van der Waals surface area (Å²) in [5.74, 6) is 2.39. The van der Waals surface area contributed by atoms with Crippen molar-refractivity contribution >= 4 is 17.4 Å². The van der Waals surface area contributed by atoms with Crippen LogP contribution in [0.25, 0.3) is 0 Å². The molecule has 6 heteroatoms. The summed E-state index contributed by atoms with van der Waals surface area (Å²) in [6, 6.07) is 0. The second kappa shape index (κ2) is 10.2. The smallest absolute Gasteiger partial charge is 0.0726 e. The summed E-state index contributed by atoms with van der Waals surface area (Å²) in [6.07, 6.45) is 4.98. The number of thioether (sulfide) groups is 1. The number of rotatable bonds is 11. The van der Waals surface area contributed by atoms with Gasteiger partial charge in [-0.15, -0.1) is 0 Å². The van der Waals surface area contributed by atoms with Crippen molar-refractivity contribution in [2.45, 2.75) is 19.9 Å². The Morgan fingerprint density at radius 2 is 2.39 bits per heavy atom. The Bertz CT molecular complexity index is 307. The van der Waals surface area contributed by atoms with Gasteiger partial charge in [0, 0.05) is 12.7 Å². The molecule has 0 fully saturated rings. The molecule has 1 aromatic heterocycles. The lowest BCUT2D eigenvalue weighted by atomic mass is 10.4. The van der Waals surface area contributed by atoms with Crippen molar-refractivity contribution in [1.29, 1.82) is 0 Å². The Morgan fingerprint density at radius 1 is 1.50 bits per heavy atom. The number of ether oxygens (including phenoxy) is 1. The second-order valence-corrected chi connectivity index (χ2v) is 5.20. The average molecular weight is 273 g/mol. The monoisotopic (exact) mass is 273 g/mol. The summed E-state index contributed by atoms with van der Waals surface area (Å²) >= 11 is 1.97. The van der Waals surface area contributed by atoms with E-state index in [1.54, 1.807) is 0 Å². The van der Waals surface area contributed by atoms with Crippen LogP contribution in [-0.2, 0) is 11.3 Å². The highest BCUT2D eigenvalue weighted by molar-refractivity contribution is 7.99.